The Morgan fingerprint density at radius 2 is 2.05 bits per heavy atom. The smallest absolute Gasteiger partial charge is 0.407 e. The van der Waals surface area contributed by atoms with Crippen molar-refractivity contribution in [1.29, 1.82) is 0 Å². The van der Waals surface area contributed by atoms with E-state index in [9.17, 15) is 4.79 Å². The van der Waals surface area contributed by atoms with Gasteiger partial charge in [0.05, 0.1) is 0 Å². The van der Waals surface area contributed by atoms with Crippen molar-refractivity contribution >= 4 is 12.2 Å². The van der Waals surface area contributed by atoms with Crippen LogP contribution in [0.4, 0.5) is 4.79 Å². The van der Waals surface area contributed by atoms with Crippen molar-refractivity contribution < 1.29 is 14.3 Å². The quantitative estimate of drug-likeness (QED) is 0.821. The SMILES string of the molecule is CC(C)(C)OC(=O)NCCNCC1=Cc2ccccc2OC1. The first kappa shape index (κ1) is 16.4. The molecule has 1 aliphatic rings. The summed E-state index contributed by atoms with van der Waals surface area (Å²) in [7, 11) is 0. The summed E-state index contributed by atoms with van der Waals surface area (Å²) in [4.78, 5) is 11.5. The fraction of sp³-hybridized carbons (Fsp3) is 0.471. The molecule has 0 saturated heterocycles. The molecule has 5 heteroatoms. The summed E-state index contributed by atoms with van der Waals surface area (Å²) in [5, 5.41) is 6.00. The molecular weight excluding hydrogens is 280 g/mol. The van der Waals surface area contributed by atoms with E-state index in [1.165, 1.54) is 5.57 Å². The van der Waals surface area contributed by atoms with E-state index in [0.717, 1.165) is 17.9 Å². The second-order valence-electron chi connectivity index (χ2n) is 6.23. The third kappa shape index (κ3) is 5.41. The molecule has 1 aromatic rings. The Balaban J connectivity index is 1.66. The van der Waals surface area contributed by atoms with Crippen LogP contribution in [-0.4, -0.2) is 37.9 Å². The largest absolute Gasteiger partial charge is 0.489 e. The highest BCUT2D eigenvalue weighted by Crippen LogP contribution is 2.25. The molecule has 1 heterocycles. The van der Waals surface area contributed by atoms with Crippen LogP contribution in [0.1, 0.15) is 26.3 Å². The number of rotatable bonds is 5. The van der Waals surface area contributed by atoms with Crippen LogP contribution in [0.25, 0.3) is 6.08 Å². The van der Waals surface area contributed by atoms with Gasteiger partial charge in [-0.3, -0.25) is 0 Å². The molecule has 5 nitrogen and oxygen atoms in total. The fourth-order valence-corrected chi connectivity index (χ4v) is 2.08. The summed E-state index contributed by atoms with van der Waals surface area (Å²) in [5.74, 6) is 0.929. The van der Waals surface area contributed by atoms with E-state index in [4.69, 9.17) is 9.47 Å². The van der Waals surface area contributed by atoms with E-state index in [1.54, 1.807) is 0 Å². The van der Waals surface area contributed by atoms with Gasteiger partial charge in [0.25, 0.3) is 0 Å². The lowest BCUT2D eigenvalue weighted by atomic mass is 10.1. The number of carbonyl (C=O) groups excluding carboxylic acids is 1. The first-order valence-corrected chi connectivity index (χ1v) is 7.53. The molecule has 0 aromatic heterocycles. The normalized spacial score (nSPS) is 13.7. The Bertz CT molecular complexity index is 547. The van der Waals surface area contributed by atoms with Crippen molar-refractivity contribution in [2.75, 3.05) is 26.2 Å². The summed E-state index contributed by atoms with van der Waals surface area (Å²) >= 11 is 0. The maximum atomic E-state index is 11.5. The summed E-state index contributed by atoms with van der Waals surface area (Å²) < 4.78 is 10.9. The molecule has 2 N–H and O–H groups in total. The minimum Gasteiger partial charge on any atom is -0.489 e. The number of hydrogen-bond acceptors (Lipinski definition) is 4. The molecular formula is C17H24N2O3. The highest BCUT2D eigenvalue weighted by atomic mass is 16.6. The van der Waals surface area contributed by atoms with Crippen LogP contribution in [0.3, 0.4) is 0 Å². The first-order valence-electron chi connectivity index (χ1n) is 7.53. The predicted molar refractivity (Wildman–Crippen MR) is 87.0 cm³/mol. The average Bonchev–Trinajstić information content (AvgIpc) is 2.45. The van der Waals surface area contributed by atoms with Crippen molar-refractivity contribution in [3.8, 4) is 5.75 Å². The number of nitrogens with one attached hydrogen (secondary N) is 2. The highest BCUT2D eigenvalue weighted by Gasteiger charge is 2.15. The Morgan fingerprint density at radius 1 is 1.27 bits per heavy atom. The Hall–Kier alpha value is -2.01. The zero-order valence-electron chi connectivity index (χ0n) is 13.4. The predicted octanol–water partition coefficient (Wildman–Crippen LogP) is 2.58. The minimum absolute atomic E-state index is 0.386. The summed E-state index contributed by atoms with van der Waals surface area (Å²) in [6, 6.07) is 7.98. The van der Waals surface area contributed by atoms with Crippen LogP contribution in [0, 0.1) is 0 Å². The zero-order chi connectivity index (χ0) is 16.0. The number of benzene rings is 1. The van der Waals surface area contributed by atoms with Crippen molar-refractivity contribution in [2.24, 2.45) is 0 Å². The molecule has 0 bridgehead atoms. The molecule has 0 unspecified atom stereocenters. The van der Waals surface area contributed by atoms with E-state index in [1.807, 2.05) is 45.0 Å². The molecule has 22 heavy (non-hydrogen) atoms. The van der Waals surface area contributed by atoms with Crippen molar-refractivity contribution in [3.63, 3.8) is 0 Å². The second kappa shape index (κ2) is 7.31. The van der Waals surface area contributed by atoms with Crippen LogP contribution in [0.15, 0.2) is 29.8 Å². The van der Waals surface area contributed by atoms with Crippen molar-refractivity contribution in [2.45, 2.75) is 26.4 Å². The van der Waals surface area contributed by atoms with E-state index in [2.05, 4.69) is 16.7 Å². The molecule has 0 spiro atoms. The number of amides is 1. The van der Waals surface area contributed by atoms with E-state index in [-0.39, 0.29) is 6.09 Å². The summed E-state index contributed by atoms with van der Waals surface area (Å²) in [6.45, 7) is 8.08. The topological polar surface area (TPSA) is 59.6 Å². The van der Waals surface area contributed by atoms with Gasteiger partial charge in [-0.25, -0.2) is 4.79 Å². The van der Waals surface area contributed by atoms with Gasteiger partial charge < -0.3 is 20.1 Å². The highest BCUT2D eigenvalue weighted by molar-refractivity contribution is 5.67. The summed E-state index contributed by atoms with van der Waals surface area (Å²) in [5.41, 5.74) is 1.84. The summed E-state index contributed by atoms with van der Waals surface area (Å²) in [6.07, 6.45) is 1.76. The van der Waals surface area contributed by atoms with Crippen molar-refractivity contribution in [1.82, 2.24) is 10.6 Å². The van der Waals surface area contributed by atoms with Crippen LogP contribution < -0.4 is 15.4 Å². The number of hydrogen-bond donors (Lipinski definition) is 2. The maximum absolute atomic E-state index is 11.5. The van der Waals surface area contributed by atoms with Gasteiger partial charge in [0.2, 0.25) is 0 Å². The van der Waals surface area contributed by atoms with Crippen LogP contribution in [0.2, 0.25) is 0 Å². The van der Waals surface area contributed by atoms with E-state index in [0.29, 0.717) is 19.7 Å². The third-order valence-electron chi connectivity index (χ3n) is 3.01. The molecule has 0 aliphatic carbocycles. The third-order valence-corrected chi connectivity index (χ3v) is 3.01. The molecule has 0 fully saturated rings. The van der Waals surface area contributed by atoms with Gasteiger partial charge in [0, 0.05) is 25.2 Å². The molecule has 2 rings (SSSR count). The maximum Gasteiger partial charge on any atom is 0.407 e. The Kier molecular flexibility index (Phi) is 5.44. The van der Waals surface area contributed by atoms with Crippen LogP contribution in [-0.2, 0) is 4.74 Å². The lowest BCUT2D eigenvalue weighted by Gasteiger charge is -2.20. The van der Waals surface area contributed by atoms with Gasteiger partial charge in [0.15, 0.2) is 0 Å². The van der Waals surface area contributed by atoms with Crippen molar-refractivity contribution in [3.05, 3.63) is 35.4 Å². The Morgan fingerprint density at radius 3 is 2.82 bits per heavy atom. The van der Waals surface area contributed by atoms with Gasteiger partial charge in [-0.2, -0.15) is 0 Å². The van der Waals surface area contributed by atoms with Gasteiger partial charge in [-0.1, -0.05) is 18.2 Å². The molecule has 120 valence electrons. The van der Waals surface area contributed by atoms with Gasteiger partial charge in [-0.15, -0.1) is 0 Å². The minimum atomic E-state index is -0.463. The van der Waals surface area contributed by atoms with Crippen LogP contribution >= 0.6 is 0 Å². The number of para-hydroxylation sites is 1. The lowest BCUT2D eigenvalue weighted by molar-refractivity contribution is 0.0528. The zero-order valence-corrected chi connectivity index (χ0v) is 13.4. The Labute approximate surface area is 131 Å². The fourth-order valence-electron chi connectivity index (χ4n) is 2.08. The standard InChI is InChI=1S/C17H24N2O3/c1-17(2,3)22-16(20)19-9-8-18-11-13-10-14-6-4-5-7-15(14)21-12-13/h4-7,10,18H,8-9,11-12H2,1-3H3,(H,19,20). The lowest BCUT2D eigenvalue weighted by Crippen LogP contribution is -2.37. The number of carbonyl (C=O) groups is 1. The molecule has 1 aliphatic heterocycles. The molecule has 1 amide bonds. The number of alkyl carbamates (subject to hydrolysis) is 1. The molecule has 0 radical (unpaired) electrons. The first-order chi connectivity index (χ1) is 10.4. The number of fused-ring (bicyclic) bond motifs is 1. The monoisotopic (exact) mass is 304 g/mol. The van der Waals surface area contributed by atoms with E-state index >= 15 is 0 Å². The second-order valence-corrected chi connectivity index (χ2v) is 6.23. The number of ether oxygens (including phenoxy) is 2. The molecule has 1 aromatic carbocycles. The van der Waals surface area contributed by atoms with Gasteiger partial charge in [0.1, 0.15) is 18.0 Å². The van der Waals surface area contributed by atoms with Gasteiger partial charge >= 0.3 is 6.09 Å². The van der Waals surface area contributed by atoms with Gasteiger partial charge in [-0.05, 0) is 38.5 Å². The average molecular weight is 304 g/mol. The molecule has 0 atom stereocenters. The van der Waals surface area contributed by atoms with Crippen LogP contribution in [0.5, 0.6) is 5.75 Å². The molecule has 0 saturated carbocycles. The van der Waals surface area contributed by atoms with E-state index < -0.39 is 5.60 Å².